The van der Waals surface area contributed by atoms with Crippen molar-refractivity contribution in [3.63, 3.8) is 0 Å². The number of carbonyl (C=O) groups excluding carboxylic acids is 4. The quantitative estimate of drug-likeness (QED) is 0.106. The van der Waals surface area contributed by atoms with Gasteiger partial charge in [0.05, 0.1) is 56.8 Å². The second-order valence-corrected chi connectivity index (χ2v) is 13.8. The molecule has 1 unspecified atom stereocenters. The minimum absolute atomic E-state index is 0.0364. The smallest absolute Gasteiger partial charge is 0.332 e. The van der Waals surface area contributed by atoms with Crippen molar-refractivity contribution in [2.75, 3.05) is 44.5 Å². The number of piperidine rings is 1. The van der Waals surface area contributed by atoms with Gasteiger partial charge in [-0.05, 0) is 18.6 Å². The lowest BCUT2D eigenvalue weighted by Crippen LogP contribution is -2.54. The molecule has 4 aromatic rings. The number of hydrogen-bond acceptors (Lipinski definition) is 14. The number of benzene rings is 1. The lowest BCUT2D eigenvalue weighted by atomic mass is 10.0. The van der Waals surface area contributed by atoms with E-state index in [2.05, 4.69) is 25.9 Å². The molecule has 270 valence electrons. The number of nitrogens with zero attached hydrogens (tertiary/aromatic N) is 8. The molecular weight excluding hydrogens is 692 g/mol. The van der Waals surface area contributed by atoms with E-state index < -0.39 is 50.8 Å². The minimum atomic E-state index is -3.78. The first kappa shape index (κ1) is 35.3. The highest BCUT2D eigenvalue weighted by Crippen LogP contribution is 2.32. The number of imidazole rings is 1. The van der Waals surface area contributed by atoms with E-state index in [1.807, 2.05) is 0 Å². The van der Waals surface area contributed by atoms with E-state index in [1.54, 1.807) is 18.3 Å². The van der Waals surface area contributed by atoms with Gasteiger partial charge in [-0.2, -0.15) is 4.98 Å². The Kier molecular flexibility index (Phi) is 9.68. The molecule has 1 fully saturated rings. The Morgan fingerprint density at radius 3 is 2.45 bits per heavy atom. The summed E-state index contributed by atoms with van der Waals surface area (Å²) in [6.45, 7) is 1.60. The van der Waals surface area contributed by atoms with Crippen LogP contribution in [0.15, 0.2) is 39.1 Å². The lowest BCUT2D eigenvalue weighted by molar-refractivity contribution is -0.136. The highest BCUT2D eigenvalue weighted by atomic mass is 32.2. The maximum absolute atomic E-state index is 13.2. The molecule has 0 saturated carbocycles. The molecule has 0 aliphatic carbocycles. The summed E-state index contributed by atoms with van der Waals surface area (Å²) in [6.07, 6.45) is 2.67. The normalized spacial score (nSPS) is 16.3. The average Bonchev–Trinajstić information content (AvgIpc) is 3.75. The largest absolute Gasteiger partial charge is 0.382 e. The summed E-state index contributed by atoms with van der Waals surface area (Å²) in [4.78, 5) is 80.7. The van der Waals surface area contributed by atoms with Gasteiger partial charge in [-0.3, -0.25) is 43.3 Å². The Morgan fingerprint density at radius 1 is 0.980 bits per heavy atom. The highest BCUT2D eigenvalue weighted by Gasteiger charge is 2.45. The van der Waals surface area contributed by atoms with Gasteiger partial charge in [0, 0.05) is 39.0 Å². The first-order valence-corrected chi connectivity index (χ1v) is 17.7. The predicted molar refractivity (Wildman–Crippen MR) is 176 cm³/mol. The molecule has 20 nitrogen and oxygen atoms in total. The van der Waals surface area contributed by atoms with Crippen molar-refractivity contribution in [1.82, 2.24) is 43.9 Å². The van der Waals surface area contributed by atoms with Crippen LogP contribution in [0, 0.1) is 0 Å². The van der Waals surface area contributed by atoms with Crippen LogP contribution in [-0.2, 0) is 56.1 Å². The van der Waals surface area contributed by atoms with Crippen LogP contribution in [0.1, 0.15) is 39.3 Å². The molecule has 51 heavy (non-hydrogen) atoms. The molecule has 5 heterocycles. The number of ether oxygens (including phenoxy) is 2. The number of rotatable bonds is 14. The molecule has 4 amide bonds. The number of hydrogen-bond donors (Lipinski definition) is 2. The van der Waals surface area contributed by atoms with Crippen LogP contribution < -0.4 is 21.9 Å². The molecule has 1 aromatic carbocycles. The number of amides is 4. The van der Waals surface area contributed by atoms with Crippen LogP contribution in [0.2, 0.25) is 0 Å². The third kappa shape index (κ3) is 6.81. The molecule has 2 N–H and O–H groups in total. The number of carbonyl (C=O) groups is 4. The maximum atomic E-state index is 13.2. The van der Waals surface area contributed by atoms with Crippen molar-refractivity contribution >= 4 is 50.3 Å². The van der Waals surface area contributed by atoms with Gasteiger partial charge < -0.3 is 19.4 Å². The van der Waals surface area contributed by atoms with E-state index >= 15 is 0 Å². The van der Waals surface area contributed by atoms with E-state index in [9.17, 15) is 37.2 Å². The number of fused-ring (bicyclic) bond motifs is 2. The molecule has 0 radical (unpaired) electrons. The van der Waals surface area contributed by atoms with Crippen molar-refractivity contribution in [3.8, 4) is 0 Å². The van der Waals surface area contributed by atoms with Crippen LogP contribution in [0.3, 0.4) is 0 Å². The number of aryl methyl sites for hydroxylation is 1. The zero-order valence-electron chi connectivity index (χ0n) is 27.8. The Bertz CT molecular complexity index is 2310. The van der Waals surface area contributed by atoms with Gasteiger partial charge in [-0.15, -0.1) is 5.10 Å². The third-order valence-electron chi connectivity index (χ3n) is 8.42. The zero-order chi connectivity index (χ0) is 36.6. The van der Waals surface area contributed by atoms with Crippen LogP contribution in [0.5, 0.6) is 0 Å². The Morgan fingerprint density at radius 2 is 1.73 bits per heavy atom. The van der Waals surface area contributed by atoms with Crippen molar-refractivity contribution in [2.45, 2.75) is 37.1 Å². The van der Waals surface area contributed by atoms with Crippen molar-refractivity contribution < 1.29 is 37.1 Å². The number of anilines is 1. The van der Waals surface area contributed by atoms with Gasteiger partial charge >= 0.3 is 5.69 Å². The Hall–Kier alpha value is -5.54. The average molecular weight is 727 g/mol. The number of nitrogens with one attached hydrogen (secondary N) is 2. The standard InChI is InChI=1S/C30H34N10O10S/c1-36-23-24(33-29(36)51(3,47)48)39(30(46)37(2)28(23)45)16-17-15-38(35-34-17)10-12-50-14-13-49-11-9-31-19-6-4-5-18-22(19)27(44)40(26(18)43)20-7-8-21(41)32-25(20)42/h4-6,15,20,31H,7-14,16H2,1-3H3,(H,32,41,42). The SMILES string of the molecule is Cn1c(=O)c2c(nc(S(C)(=O)=O)n2C)n(Cc2cn(CCOCCOCCNc3cccc4c3C(=O)N(C3CCC(=O)NC3=O)C4=O)nn2)c1=O. The molecule has 0 spiro atoms. The fraction of sp³-hybridized carbons (Fsp3) is 0.433. The van der Waals surface area contributed by atoms with Crippen LogP contribution in [0.4, 0.5) is 5.69 Å². The fourth-order valence-corrected chi connectivity index (χ4v) is 6.81. The summed E-state index contributed by atoms with van der Waals surface area (Å²) in [7, 11) is -1.09. The first-order chi connectivity index (χ1) is 24.3. The van der Waals surface area contributed by atoms with Crippen molar-refractivity contribution in [1.29, 1.82) is 0 Å². The number of aromatic nitrogens is 7. The summed E-state index contributed by atoms with van der Waals surface area (Å²) in [5.74, 6) is -2.30. The zero-order valence-corrected chi connectivity index (χ0v) is 28.6. The van der Waals surface area contributed by atoms with Gasteiger partial charge in [0.15, 0.2) is 11.2 Å². The third-order valence-corrected chi connectivity index (χ3v) is 9.45. The topological polar surface area (TPSA) is 241 Å². The summed E-state index contributed by atoms with van der Waals surface area (Å²) < 4.78 is 40.3. The summed E-state index contributed by atoms with van der Waals surface area (Å²) in [5.41, 5.74) is -0.332. The Balaban J connectivity index is 0.951. The molecule has 1 atom stereocenters. The van der Waals surface area contributed by atoms with Gasteiger partial charge in [0.2, 0.25) is 26.8 Å². The molecule has 0 bridgehead atoms. The molecule has 2 aliphatic rings. The van der Waals surface area contributed by atoms with E-state index in [-0.39, 0.29) is 73.3 Å². The van der Waals surface area contributed by atoms with E-state index in [1.165, 1.54) is 29.4 Å². The van der Waals surface area contributed by atoms with E-state index in [4.69, 9.17) is 9.47 Å². The first-order valence-electron chi connectivity index (χ1n) is 15.8. The maximum Gasteiger partial charge on any atom is 0.332 e. The lowest BCUT2D eigenvalue weighted by Gasteiger charge is -2.27. The monoisotopic (exact) mass is 726 g/mol. The predicted octanol–water partition coefficient (Wildman–Crippen LogP) is -1.98. The molecule has 2 aliphatic heterocycles. The van der Waals surface area contributed by atoms with Crippen molar-refractivity contribution in [3.05, 3.63) is 62.1 Å². The van der Waals surface area contributed by atoms with E-state index in [0.29, 0.717) is 24.5 Å². The van der Waals surface area contributed by atoms with Gasteiger partial charge in [0.25, 0.3) is 17.4 Å². The van der Waals surface area contributed by atoms with Gasteiger partial charge in [0.1, 0.15) is 11.7 Å². The summed E-state index contributed by atoms with van der Waals surface area (Å²) in [6, 6.07) is 3.76. The van der Waals surface area contributed by atoms with Gasteiger partial charge in [-0.25, -0.2) is 17.9 Å². The van der Waals surface area contributed by atoms with E-state index in [0.717, 1.165) is 20.3 Å². The summed E-state index contributed by atoms with van der Waals surface area (Å²) >= 11 is 0. The molecule has 1 saturated heterocycles. The second kappa shape index (κ2) is 14.0. The minimum Gasteiger partial charge on any atom is -0.382 e. The molecular formula is C30H34N10O10S. The molecule has 3 aromatic heterocycles. The van der Waals surface area contributed by atoms with Crippen LogP contribution >= 0.6 is 0 Å². The number of sulfone groups is 1. The van der Waals surface area contributed by atoms with Crippen molar-refractivity contribution in [2.24, 2.45) is 14.1 Å². The van der Waals surface area contributed by atoms with Crippen LogP contribution in [0.25, 0.3) is 11.2 Å². The fourth-order valence-electron chi connectivity index (χ4n) is 5.97. The van der Waals surface area contributed by atoms with Crippen LogP contribution in [-0.4, -0.2) is 116 Å². The summed E-state index contributed by atoms with van der Waals surface area (Å²) in [5, 5.41) is 13.1. The highest BCUT2D eigenvalue weighted by molar-refractivity contribution is 7.90. The second-order valence-electron chi connectivity index (χ2n) is 11.9. The van der Waals surface area contributed by atoms with Gasteiger partial charge in [-0.1, -0.05) is 11.3 Å². The molecule has 21 heteroatoms. The number of imide groups is 2. The Labute approximate surface area is 288 Å². The molecule has 6 rings (SSSR count).